The number of phenolic OH excluding ortho intramolecular Hbond substituents is 1. The van der Waals surface area contributed by atoms with Crippen LogP contribution in [-0.2, 0) is 0 Å². The quantitative estimate of drug-likeness (QED) is 0.235. The summed E-state index contributed by atoms with van der Waals surface area (Å²) in [6, 6.07) is 9.44. The van der Waals surface area contributed by atoms with Gasteiger partial charge in [-0.1, -0.05) is 58.1 Å². The molecule has 1 unspecified atom stereocenters. The first-order valence-corrected chi connectivity index (χ1v) is 13.9. The summed E-state index contributed by atoms with van der Waals surface area (Å²) >= 11 is 0. The highest BCUT2D eigenvalue weighted by Crippen LogP contribution is 2.46. The third kappa shape index (κ3) is 5.52. The first kappa shape index (κ1) is 27.6. The largest absolute Gasteiger partial charge is 0.507 e. The Kier molecular flexibility index (Phi) is 8.97. The van der Waals surface area contributed by atoms with Crippen LogP contribution in [-0.4, -0.2) is 46.4 Å². The Morgan fingerprint density at radius 3 is 2.50 bits per heavy atom. The zero-order valence-corrected chi connectivity index (χ0v) is 23.4. The van der Waals surface area contributed by atoms with Gasteiger partial charge in [-0.2, -0.15) is 5.10 Å². The van der Waals surface area contributed by atoms with E-state index in [0.29, 0.717) is 41.6 Å². The van der Waals surface area contributed by atoms with Gasteiger partial charge in [-0.25, -0.2) is 0 Å². The van der Waals surface area contributed by atoms with Crippen molar-refractivity contribution in [1.29, 1.82) is 0 Å². The van der Waals surface area contributed by atoms with Gasteiger partial charge in [0.15, 0.2) is 11.5 Å². The number of aromatic hydroxyl groups is 1. The second-order valence-corrected chi connectivity index (χ2v) is 10.3. The topological polar surface area (TPSA) is 87.7 Å². The van der Waals surface area contributed by atoms with Crippen LogP contribution in [0.2, 0.25) is 0 Å². The Labute approximate surface area is 226 Å². The highest BCUT2D eigenvalue weighted by atomic mass is 16.5. The number of aromatic nitrogens is 2. The van der Waals surface area contributed by atoms with Crippen molar-refractivity contribution < 1.29 is 19.4 Å². The van der Waals surface area contributed by atoms with Gasteiger partial charge in [-0.05, 0) is 61.6 Å². The smallest absolute Gasteiger partial charge is 0.273 e. The zero-order valence-electron chi connectivity index (χ0n) is 23.4. The number of hydrogen-bond donors (Lipinski definition) is 2. The number of nitrogens with one attached hydrogen (secondary N) is 1. The van der Waals surface area contributed by atoms with Crippen molar-refractivity contribution in [3.63, 3.8) is 0 Å². The minimum Gasteiger partial charge on any atom is -0.507 e. The maximum Gasteiger partial charge on any atom is 0.273 e. The number of rotatable bonds is 13. The van der Waals surface area contributed by atoms with Crippen LogP contribution in [0.5, 0.6) is 17.2 Å². The van der Waals surface area contributed by atoms with Crippen molar-refractivity contribution in [2.45, 2.75) is 78.7 Å². The first-order valence-electron chi connectivity index (χ1n) is 13.9. The Bertz CT molecular complexity index is 1270. The zero-order chi connectivity index (χ0) is 27.2. The van der Waals surface area contributed by atoms with Crippen LogP contribution in [0.15, 0.2) is 30.3 Å². The fourth-order valence-electron chi connectivity index (χ4n) is 5.34. The lowest BCUT2D eigenvalue weighted by molar-refractivity contribution is 0.0740. The third-order valence-electron chi connectivity index (χ3n) is 7.33. The molecular weight excluding hydrogens is 478 g/mol. The molecule has 2 aromatic carbocycles. The number of aryl methyl sites for hydroxylation is 2. The SMILES string of the molecule is CCCCCCOc1ccc(C2c3c(-c4cc(C)cc(C)c4O)n[nH]c3C(=O)N2CCCCC)cc1OC. The van der Waals surface area contributed by atoms with E-state index in [2.05, 4.69) is 24.0 Å². The average molecular weight is 520 g/mol. The van der Waals surface area contributed by atoms with Gasteiger partial charge < -0.3 is 19.5 Å². The molecule has 7 nitrogen and oxygen atoms in total. The van der Waals surface area contributed by atoms with E-state index in [-0.39, 0.29) is 17.7 Å². The normalized spacial score (nSPS) is 14.7. The highest BCUT2D eigenvalue weighted by molar-refractivity contribution is 6.00. The van der Waals surface area contributed by atoms with Gasteiger partial charge in [-0.3, -0.25) is 9.89 Å². The number of nitrogens with zero attached hydrogens (tertiary/aromatic N) is 2. The van der Waals surface area contributed by atoms with Crippen LogP contribution in [0.3, 0.4) is 0 Å². The standard InChI is InChI=1S/C31H41N3O4/c1-6-8-10-12-16-38-24-14-13-22(19-25(24)37-5)29-26-27(23-18-20(3)17-21(4)30(23)35)32-33-28(26)31(36)34(29)15-11-9-7-2/h13-14,17-19,29,35H,6-12,15-16H2,1-5H3,(H,32,33). The number of H-pyrrole nitrogens is 1. The van der Waals surface area contributed by atoms with Crippen molar-refractivity contribution in [3.05, 3.63) is 58.3 Å². The highest BCUT2D eigenvalue weighted by Gasteiger charge is 2.42. The Morgan fingerprint density at radius 1 is 1.00 bits per heavy atom. The van der Waals surface area contributed by atoms with Crippen LogP contribution in [0.25, 0.3) is 11.3 Å². The van der Waals surface area contributed by atoms with Crippen molar-refractivity contribution in [2.75, 3.05) is 20.3 Å². The van der Waals surface area contributed by atoms with Crippen molar-refractivity contribution in [1.82, 2.24) is 15.1 Å². The molecule has 4 rings (SSSR count). The minimum absolute atomic E-state index is 0.0704. The van der Waals surface area contributed by atoms with Gasteiger partial charge >= 0.3 is 0 Å². The second kappa shape index (κ2) is 12.4. The molecule has 0 aliphatic carbocycles. The summed E-state index contributed by atoms with van der Waals surface area (Å²) in [4.78, 5) is 15.5. The summed E-state index contributed by atoms with van der Waals surface area (Å²) in [6.45, 7) is 9.50. The number of carbonyl (C=O) groups is 1. The fourth-order valence-corrected chi connectivity index (χ4v) is 5.34. The molecule has 1 aliphatic heterocycles. The van der Waals surface area contributed by atoms with E-state index < -0.39 is 0 Å². The van der Waals surface area contributed by atoms with Crippen LogP contribution >= 0.6 is 0 Å². The summed E-state index contributed by atoms with van der Waals surface area (Å²) in [5.74, 6) is 1.46. The van der Waals surface area contributed by atoms with E-state index in [0.717, 1.165) is 54.4 Å². The van der Waals surface area contributed by atoms with Gasteiger partial charge in [0.1, 0.15) is 17.1 Å². The summed E-state index contributed by atoms with van der Waals surface area (Å²) in [5.41, 5.74) is 5.24. The maximum atomic E-state index is 13.6. The van der Waals surface area contributed by atoms with Gasteiger partial charge in [0, 0.05) is 17.7 Å². The molecule has 1 amide bonds. The molecule has 0 saturated heterocycles. The summed E-state index contributed by atoms with van der Waals surface area (Å²) in [7, 11) is 1.64. The van der Waals surface area contributed by atoms with Crippen LogP contribution in [0, 0.1) is 13.8 Å². The van der Waals surface area contributed by atoms with Gasteiger partial charge in [0.25, 0.3) is 5.91 Å². The molecule has 204 valence electrons. The molecular formula is C31H41N3O4. The van der Waals surface area contributed by atoms with Crippen LogP contribution in [0.1, 0.15) is 97.6 Å². The maximum absolute atomic E-state index is 13.6. The molecule has 7 heteroatoms. The van der Waals surface area contributed by atoms with Crippen molar-refractivity contribution >= 4 is 5.91 Å². The van der Waals surface area contributed by atoms with Crippen molar-refractivity contribution in [3.8, 4) is 28.5 Å². The number of fused-ring (bicyclic) bond motifs is 1. The second-order valence-electron chi connectivity index (χ2n) is 10.3. The lowest BCUT2D eigenvalue weighted by Crippen LogP contribution is -2.30. The number of phenols is 1. The van der Waals surface area contributed by atoms with E-state index in [1.165, 1.54) is 12.8 Å². The van der Waals surface area contributed by atoms with E-state index in [4.69, 9.17) is 9.47 Å². The lowest BCUT2D eigenvalue weighted by Gasteiger charge is -2.27. The molecule has 1 aliphatic rings. The fraction of sp³-hybridized carbons (Fsp3) is 0.484. The Hall–Kier alpha value is -3.48. The van der Waals surface area contributed by atoms with Crippen LogP contribution in [0.4, 0.5) is 0 Å². The molecule has 1 atom stereocenters. The molecule has 0 radical (unpaired) electrons. The minimum atomic E-state index is -0.351. The Balaban J connectivity index is 1.75. The van der Waals surface area contributed by atoms with E-state index >= 15 is 0 Å². The molecule has 0 spiro atoms. The molecule has 3 aromatic rings. The number of aromatic amines is 1. The number of benzene rings is 2. The number of methoxy groups -OCH3 is 1. The van der Waals surface area contributed by atoms with E-state index in [1.54, 1.807) is 7.11 Å². The molecule has 1 aromatic heterocycles. The van der Waals surface area contributed by atoms with Gasteiger partial charge in [0.2, 0.25) is 0 Å². The first-order chi connectivity index (χ1) is 18.4. The average Bonchev–Trinajstić information content (AvgIpc) is 3.45. The predicted molar refractivity (Wildman–Crippen MR) is 150 cm³/mol. The van der Waals surface area contributed by atoms with Crippen LogP contribution < -0.4 is 9.47 Å². The number of unbranched alkanes of at least 4 members (excludes halogenated alkanes) is 5. The number of hydrogen-bond acceptors (Lipinski definition) is 5. The van der Waals surface area contributed by atoms with Gasteiger partial charge in [-0.15, -0.1) is 0 Å². The molecule has 0 saturated carbocycles. The Morgan fingerprint density at radius 2 is 1.76 bits per heavy atom. The summed E-state index contributed by atoms with van der Waals surface area (Å²) in [5, 5.41) is 18.5. The third-order valence-corrected chi connectivity index (χ3v) is 7.33. The monoisotopic (exact) mass is 519 g/mol. The van der Waals surface area contributed by atoms with Gasteiger partial charge in [0.05, 0.1) is 19.8 Å². The van der Waals surface area contributed by atoms with E-state index in [1.807, 2.05) is 49.1 Å². The van der Waals surface area contributed by atoms with E-state index in [9.17, 15) is 9.90 Å². The molecule has 0 bridgehead atoms. The lowest BCUT2D eigenvalue weighted by atomic mass is 9.93. The molecule has 38 heavy (non-hydrogen) atoms. The summed E-state index contributed by atoms with van der Waals surface area (Å²) < 4.78 is 11.8. The number of carbonyl (C=O) groups excluding carboxylic acids is 1. The number of amides is 1. The number of ether oxygens (including phenoxy) is 2. The molecule has 0 fully saturated rings. The molecule has 2 N–H and O–H groups in total. The predicted octanol–water partition coefficient (Wildman–Crippen LogP) is 7.10. The van der Waals surface area contributed by atoms with Crippen molar-refractivity contribution in [2.24, 2.45) is 0 Å². The summed E-state index contributed by atoms with van der Waals surface area (Å²) in [6.07, 6.45) is 7.56. The molecule has 2 heterocycles.